The van der Waals surface area contributed by atoms with Crippen molar-refractivity contribution in [3.8, 4) is 5.75 Å². The van der Waals surface area contributed by atoms with Crippen LogP contribution in [0.2, 0.25) is 0 Å². The second kappa shape index (κ2) is 5.50. The second-order valence-corrected chi connectivity index (χ2v) is 5.00. The van der Waals surface area contributed by atoms with Crippen LogP contribution in [0.5, 0.6) is 5.75 Å². The van der Waals surface area contributed by atoms with Gasteiger partial charge in [0.15, 0.2) is 0 Å². The molecular formula is C14H14BrNO2. The van der Waals surface area contributed by atoms with Gasteiger partial charge in [0.25, 0.3) is 0 Å². The highest BCUT2D eigenvalue weighted by molar-refractivity contribution is 9.10. The van der Waals surface area contributed by atoms with Crippen LogP contribution in [0.15, 0.2) is 41.1 Å². The quantitative estimate of drug-likeness (QED) is 0.946. The average molecular weight is 308 g/mol. The lowest BCUT2D eigenvalue weighted by atomic mass is 10.0. The van der Waals surface area contributed by atoms with Crippen molar-refractivity contribution in [1.82, 2.24) is 4.98 Å². The van der Waals surface area contributed by atoms with Gasteiger partial charge in [0, 0.05) is 28.0 Å². The molecule has 3 nitrogen and oxygen atoms in total. The maximum atomic E-state index is 10.4. The second-order valence-electron chi connectivity index (χ2n) is 4.08. The van der Waals surface area contributed by atoms with Gasteiger partial charge < -0.3 is 9.84 Å². The summed E-state index contributed by atoms with van der Waals surface area (Å²) in [6.07, 6.45) is 2.59. The van der Waals surface area contributed by atoms with Crippen molar-refractivity contribution in [2.75, 3.05) is 7.11 Å². The first-order valence-corrected chi connectivity index (χ1v) is 6.34. The number of hydrogen-bond donors (Lipinski definition) is 1. The van der Waals surface area contributed by atoms with Crippen molar-refractivity contribution in [2.24, 2.45) is 0 Å². The summed E-state index contributed by atoms with van der Waals surface area (Å²) in [6.45, 7) is 1.98. The maximum absolute atomic E-state index is 10.4. The highest BCUT2D eigenvalue weighted by atomic mass is 79.9. The van der Waals surface area contributed by atoms with Gasteiger partial charge >= 0.3 is 0 Å². The summed E-state index contributed by atoms with van der Waals surface area (Å²) in [5.74, 6) is 0.674. The highest BCUT2D eigenvalue weighted by Crippen LogP contribution is 2.31. The average Bonchev–Trinajstić information content (AvgIpc) is 2.38. The van der Waals surface area contributed by atoms with E-state index >= 15 is 0 Å². The number of ether oxygens (including phenoxy) is 1. The number of methoxy groups -OCH3 is 1. The molecule has 0 aliphatic rings. The summed E-state index contributed by atoms with van der Waals surface area (Å²) in [5.41, 5.74) is 2.55. The molecule has 1 heterocycles. The molecule has 2 rings (SSSR count). The highest BCUT2D eigenvalue weighted by Gasteiger charge is 2.16. The standard InChI is InChI=1S/C14H14BrNO2/c1-9-3-4-13(18-2)12(5-9)14(17)10-6-11(15)8-16-7-10/h3-8,14,17H,1-2H3. The Morgan fingerprint density at radius 3 is 2.72 bits per heavy atom. The van der Waals surface area contributed by atoms with E-state index in [1.807, 2.05) is 31.2 Å². The van der Waals surface area contributed by atoms with Gasteiger partial charge in [-0.2, -0.15) is 0 Å². The van der Waals surface area contributed by atoms with Gasteiger partial charge in [-0.15, -0.1) is 0 Å². The minimum atomic E-state index is -0.746. The van der Waals surface area contributed by atoms with Crippen LogP contribution in [0, 0.1) is 6.92 Å². The van der Waals surface area contributed by atoms with Crippen LogP contribution in [-0.4, -0.2) is 17.2 Å². The first kappa shape index (κ1) is 13.1. The van der Waals surface area contributed by atoms with Crippen LogP contribution in [0.4, 0.5) is 0 Å². The molecule has 18 heavy (non-hydrogen) atoms. The van der Waals surface area contributed by atoms with E-state index in [-0.39, 0.29) is 0 Å². The van der Waals surface area contributed by atoms with E-state index in [2.05, 4.69) is 20.9 Å². The molecule has 1 unspecified atom stereocenters. The van der Waals surface area contributed by atoms with Crippen molar-refractivity contribution in [3.05, 3.63) is 57.8 Å². The fourth-order valence-corrected chi connectivity index (χ4v) is 2.21. The minimum Gasteiger partial charge on any atom is -0.496 e. The summed E-state index contributed by atoms with van der Waals surface area (Å²) in [4.78, 5) is 4.06. The molecule has 0 saturated heterocycles. The van der Waals surface area contributed by atoms with E-state index in [0.717, 1.165) is 21.2 Å². The molecule has 0 aliphatic carbocycles. The van der Waals surface area contributed by atoms with E-state index in [4.69, 9.17) is 4.74 Å². The maximum Gasteiger partial charge on any atom is 0.125 e. The number of rotatable bonds is 3. The zero-order chi connectivity index (χ0) is 13.1. The first-order valence-electron chi connectivity index (χ1n) is 5.55. The third kappa shape index (κ3) is 2.71. The SMILES string of the molecule is COc1ccc(C)cc1C(O)c1cncc(Br)c1. The summed E-state index contributed by atoms with van der Waals surface area (Å²) >= 11 is 3.35. The van der Waals surface area contributed by atoms with Crippen LogP contribution in [0.3, 0.4) is 0 Å². The summed E-state index contributed by atoms with van der Waals surface area (Å²) in [5, 5.41) is 10.4. The summed E-state index contributed by atoms with van der Waals surface area (Å²) < 4.78 is 6.12. The van der Waals surface area contributed by atoms with Crippen molar-refractivity contribution in [2.45, 2.75) is 13.0 Å². The van der Waals surface area contributed by atoms with Crippen LogP contribution >= 0.6 is 15.9 Å². The molecule has 1 aromatic heterocycles. The van der Waals surface area contributed by atoms with Crippen LogP contribution < -0.4 is 4.74 Å². The van der Waals surface area contributed by atoms with Crippen LogP contribution in [-0.2, 0) is 0 Å². The van der Waals surface area contributed by atoms with Gasteiger partial charge in [-0.1, -0.05) is 11.6 Å². The van der Waals surface area contributed by atoms with Gasteiger partial charge in [0.1, 0.15) is 11.9 Å². The Bertz CT molecular complexity index is 557. The van der Waals surface area contributed by atoms with Gasteiger partial charge in [-0.3, -0.25) is 4.98 Å². The molecular weight excluding hydrogens is 294 g/mol. The number of nitrogens with zero attached hydrogens (tertiary/aromatic N) is 1. The topological polar surface area (TPSA) is 42.4 Å². The predicted molar refractivity (Wildman–Crippen MR) is 73.7 cm³/mol. The van der Waals surface area contributed by atoms with Crippen molar-refractivity contribution in [3.63, 3.8) is 0 Å². The van der Waals surface area contributed by atoms with E-state index in [1.54, 1.807) is 19.5 Å². The van der Waals surface area contributed by atoms with Crippen LogP contribution in [0.25, 0.3) is 0 Å². The number of pyridine rings is 1. The van der Waals surface area contributed by atoms with Gasteiger partial charge in [0.05, 0.1) is 7.11 Å². The fourth-order valence-electron chi connectivity index (χ4n) is 1.82. The summed E-state index contributed by atoms with van der Waals surface area (Å²) in [7, 11) is 1.60. The lowest BCUT2D eigenvalue weighted by Gasteiger charge is -2.15. The third-order valence-electron chi connectivity index (χ3n) is 2.72. The molecule has 0 aliphatic heterocycles. The molecule has 0 amide bonds. The molecule has 0 spiro atoms. The Kier molecular flexibility index (Phi) is 3.99. The summed E-state index contributed by atoms with van der Waals surface area (Å²) in [6, 6.07) is 7.58. The number of hydrogen-bond acceptors (Lipinski definition) is 3. The molecule has 94 valence electrons. The molecule has 2 aromatic rings. The molecule has 0 bridgehead atoms. The normalized spacial score (nSPS) is 12.2. The molecule has 0 fully saturated rings. The van der Waals surface area contributed by atoms with E-state index in [9.17, 15) is 5.11 Å². The van der Waals surface area contributed by atoms with Gasteiger partial charge in [0.2, 0.25) is 0 Å². The molecule has 0 radical (unpaired) electrons. The Hall–Kier alpha value is -1.39. The number of benzene rings is 1. The van der Waals surface area contributed by atoms with Gasteiger partial charge in [-0.05, 0) is 41.1 Å². The molecule has 1 N–H and O–H groups in total. The molecule has 1 atom stereocenters. The smallest absolute Gasteiger partial charge is 0.125 e. The zero-order valence-corrected chi connectivity index (χ0v) is 11.8. The number of aromatic nitrogens is 1. The minimum absolute atomic E-state index is 0.674. The first-order chi connectivity index (χ1) is 8.61. The van der Waals surface area contributed by atoms with E-state index < -0.39 is 6.10 Å². The number of aryl methyl sites for hydroxylation is 1. The fraction of sp³-hybridized carbons (Fsp3) is 0.214. The largest absolute Gasteiger partial charge is 0.496 e. The molecule has 1 aromatic carbocycles. The van der Waals surface area contributed by atoms with Crippen molar-refractivity contribution < 1.29 is 9.84 Å². The monoisotopic (exact) mass is 307 g/mol. The zero-order valence-electron chi connectivity index (χ0n) is 10.2. The Labute approximate surface area is 115 Å². The lowest BCUT2D eigenvalue weighted by Crippen LogP contribution is -2.03. The Morgan fingerprint density at radius 1 is 1.28 bits per heavy atom. The van der Waals surface area contributed by atoms with E-state index in [0.29, 0.717) is 5.75 Å². The van der Waals surface area contributed by atoms with Crippen molar-refractivity contribution in [1.29, 1.82) is 0 Å². The van der Waals surface area contributed by atoms with Crippen LogP contribution in [0.1, 0.15) is 22.8 Å². The van der Waals surface area contributed by atoms with Crippen molar-refractivity contribution >= 4 is 15.9 Å². The number of halogens is 1. The van der Waals surface area contributed by atoms with E-state index in [1.165, 1.54) is 0 Å². The Morgan fingerprint density at radius 2 is 2.06 bits per heavy atom. The molecule has 0 saturated carbocycles. The predicted octanol–water partition coefficient (Wildman–Crippen LogP) is 3.24. The lowest BCUT2D eigenvalue weighted by molar-refractivity contribution is 0.214. The Balaban J connectivity index is 2.44. The third-order valence-corrected chi connectivity index (χ3v) is 3.16. The van der Waals surface area contributed by atoms with Gasteiger partial charge in [-0.25, -0.2) is 0 Å². The number of aliphatic hydroxyl groups is 1. The number of aliphatic hydroxyl groups excluding tert-OH is 1. The molecule has 4 heteroatoms.